The van der Waals surface area contributed by atoms with Crippen LogP contribution in [0.4, 0.5) is 11.4 Å². The van der Waals surface area contributed by atoms with Crippen LogP contribution < -0.4 is 19.7 Å². The molecule has 0 radical (unpaired) electrons. The summed E-state index contributed by atoms with van der Waals surface area (Å²) in [6.07, 6.45) is 2.50. The van der Waals surface area contributed by atoms with Gasteiger partial charge in [-0.1, -0.05) is 0 Å². The third-order valence-corrected chi connectivity index (χ3v) is 4.71. The summed E-state index contributed by atoms with van der Waals surface area (Å²) in [5, 5.41) is 2.98. The molecule has 1 heterocycles. The molecule has 0 aromatic heterocycles. The molecule has 0 spiro atoms. The smallest absolute Gasteiger partial charge is 0.255 e. The lowest BCUT2D eigenvalue weighted by atomic mass is 10.1. The van der Waals surface area contributed by atoms with E-state index in [1.165, 1.54) is 24.1 Å². The van der Waals surface area contributed by atoms with Crippen LogP contribution >= 0.6 is 0 Å². The molecular weight excluding hydrogens is 340 g/mol. The van der Waals surface area contributed by atoms with E-state index >= 15 is 0 Å². The molecule has 2 aromatic rings. The Morgan fingerprint density at radius 3 is 2.37 bits per heavy atom. The molecule has 27 heavy (non-hydrogen) atoms. The Hall–Kier alpha value is -2.69. The molecule has 1 saturated heterocycles. The maximum atomic E-state index is 12.7. The fourth-order valence-corrected chi connectivity index (χ4v) is 3.44. The Kier molecular flexibility index (Phi) is 6.22. The van der Waals surface area contributed by atoms with Crippen LogP contribution in [0.1, 0.15) is 42.6 Å². The molecule has 144 valence electrons. The predicted octanol–water partition coefficient (Wildman–Crippen LogP) is 4.64. The van der Waals surface area contributed by atoms with Gasteiger partial charge in [0.15, 0.2) is 11.5 Å². The van der Waals surface area contributed by atoms with Gasteiger partial charge < -0.3 is 19.7 Å². The number of rotatable bonds is 7. The number of hydrogen-bond acceptors (Lipinski definition) is 4. The predicted molar refractivity (Wildman–Crippen MR) is 109 cm³/mol. The van der Waals surface area contributed by atoms with E-state index in [4.69, 9.17) is 9.47 Å². The minimum atomic E-state index is -0.160. The average Bonchev–Trinajstić information content (AvgIpc) is 3.18. The van der Waals surface area contributed by atoms with E-state index in [9.17, 15) is 4.79 Å². The van der Waals surface area contributed by atoms with Crippen LogP contribution in [0.5, 0.6) is 11.5 Å². The van der Waals surface area contributed by atoms with Crippen LogP contribution in [0.3, 0.4) is 0 Å². The Labute approximate surface area is 161 Å². The van der Waals surface area contributed by atoms with Gasteiger partial charge in [0.05, 0.1) is 13.2 Å². The van der Waals surface area contributed by atoms with Gasteiger partial charge in [-0.25, -0.2) is 0 Å². The first kappa shape index (κ1) is 19.1. The lowest BCUT2D eigenvalue weighted by Crippen LogP contribution is -2.19. The minimum Gasteiger partial charge on any atom is -0.490 e. The normalized spacial score (nSPS) is 13.5. The third-order valence-electron chi connectivity index (χ3n) is 4.71. The van der Waals surface area contributed by atoms with Crippen molar-refractivity contribution in [2.24, 2.45) is 0 Å². The number of benzene rings is 2. The molecule has 1 N–H and O–H groups in total. The summed E-state index contributed by atoms with van der Waals surface area (Å²) in [5.74, 6) is 1.08. The maximum Gasteiger partial charge on any atom is 0.255 e. The second-order valence-electron chi connectivity index (χ2n) is 6.68. The maximum absolute atomic E-state index is 12.7. The van der Waals surface area contributed by atoms with Gasteiger partial charge in [-0.15, -0.1) is 0 Å². The molecule has 1 amide bonds. The average molecular weight is 368 g/mol. The molecule has 3 rings (SSSR count). The number of nitrogens with one attached hydrogen (secondary N) is 1. The fourth-order valence-electron chi connectivity index (χ4n) is 3.44. The molecule has 5 heteroatoms. The minimum absolute atomic E-state index is 0.160. The summed E-state index contributed by atoms with van der Waals surface area (Å²) < 4.78 is 11.2. The number of carbonyl (C=O) groups is 1. The van der Waals surface area contributed by atoms with Crippen molar-refractivity contribution in [1.29, 1.82) is 0 Å². The summed E-state index contributed by atoms with van der Waals surface area (Å²) in [4.78, 5) is 15.1. The number of ether oxygens (including phenoxy) is 2. The van der Waals surface area contributed by atoms with Gasteiger partial charge in [0.1, 0.15) is 0 Å². The van der Waals surface area contributed by atoms with Gasteiger partial charge in [-0.2, -0.15) is 0 Å². The number of amides is 1. The first-order valence-corrected chi connectivity index (χ1v) is 9.69. The molecule has 0 unspecified atom stereocenters. The molecule has 0 aliphatic carbocycles. The molecular formula is C22H28N2O3. The van der Waals surface area contributed by atoms with Crippen molar-refractivity contribution in [3.05, 3.63) is 47.5 Å². The summed E-state index contributed by atoms with van der Waals surface area (Å²) >= 11 is 0. The van der Waals surface area contributed by atoms with E-state index in [0.717, 1.165) is 18.8 Å². The van der Waals surface area contributed by atoms with E-state index in [-0.39, 0.29) is 5.91 Å². The number of hydrogen-bond donors (Lipinski definition) is 1. The standard InChI is InChI=1S/C22H28N2O3/c1-4-26-20-11-8-17(15-21(20)27-5-2)22(25)23-18-9-10-19(16(3)14-18)24-12-6-7-13-24/h8-11,14-15H,4-7,12-13H2,1-3H3,(H,23,25). The van der Waals surface area contributed by atoms with Crippen LogP contribution in [-0.4, -0.2) is 32.2 Å². The Morgan fingerprint density at radius 1 is 1.00 bits per heavy atom. The van der Waals surface area contributed by atoms with Crippen LogP contribution in [0.25, 0.3) is 0 Å². The Bertz CT molecular complexity index is 798. The lowest BCUT2D eigenvalue weighted by Gasteiger charge is -2.20. The zero-order valence-corrected chi connectivity index (χ0v) is 16.4. The molecule has 1 fully saturated rings. The number of carbonyl (C=O) groups excluding carboxylic acids is 1. The largest absolute Gasteiger partial charge is 0.490 e. The van der Waals surface area contributed by atoms with Crippen LogP contribution in [0.15, 0.2) is 36.4 Å². The zero-order valence-electron chi connectivity index (χ0n) is 16.4. The highest BCUT2D eigenvalue weighted by molar-refractivity contribution is 6.04. The van der Waals surface area contributed by atoms with E-state index in [0.29, 0.717) is 30.3 Å². The van der Waals surface area contributed by atoms with Crippen molar-refractivity contribution < 1.29 is 14.3 Å². The van der Waals surface area contributed by atoms with Crippen molar-refractivity contribution in [3.8, 4) is 11.5 Å². The number of anilines is 2. The van der Waals surface area contributed by atoms with E-state index < -0.39 is 0 Å². The van der Waals surface area contributed by atoms with Crippen molar-refractivity contribution in [2.75, 3.05) is 36.5 Å². The number of aryl methyl sites for hydroxylation is 1. The Morgan fingerprint density at radius 2 is 1.70 bits per heavy atom. The summed E-state index contributed by atoms with van der Waals surface area (Å²) in [5.41, 5.74) is 3.78. The summed E-state index contributed by atoms with van der Waals surface area (Å²) in [6.45, 7) is 9.21. The van der Waals surface area contributed by atoms with E-state index in [1.54, 1.807) is 18.2 Å². The van der Waals surface area contributed by atoms with E-state index in [1.807, 2.05) is 26.0 Å². The lowest BCUT2D eigenvalue weighted by molar-refractivity contribution is 0.102. The fraction of sp³-hybridized carbons (Fsp3) is 0.409. The molecule has 0 bridgehead atoms. The highest BCUT2D eigenvalue weighted by Crippen LogP contribution is 2.30. The van der Waals surface area contributed by atoms with Gasteiger partial charge in [-0.3, -0.25) is 4.79 Å². The zero-order chi connectivity index (χ0) is 19.2. The SMILES string of the molecule is CCOc1ccc(C(=O)Nc2ccc(N3CCCC3)c(C)c2)cc1OCC. The number of nitrogens with zero attached hydrogens (tertiary/aromatic N) is 1. The molecule has 2 aromatic carbocycles. The molecule has 0 saturated carbocycles. The van der Waals surface area contributed by atoms with Gasteiger partial charge >= 0.3 is 0 Å². The van der Waals surface area contributed by atoms with Gasteiger partial charge in [-0.05, 0) is 75.6 Å². The van der Waals surface area contributed by atoms with Gasteiger partial charge in [0, 0.05) is 30.0 Å². The van der Waals surface area contributed by atoms with Crippen LogP contribution in [0, 0.1) is 6.92 Å². The van der Waals surface area contributed by atoms with Crippen molar-refractivity contribution in [2.45, 2.75) is 33.6 Å². The van der Waals surface area contributed by atoms with Gasteiger partial charge in [0.2, 0.25) is 0 Å². The quantitative estimate of drug-likeness (QED) is 0.773. The van der Waals surface area contributed by atoms with Gasteiger partial charge in [0.25, 0.3) is 5.91 Å². The van der Waals surface area contributed by atoms with Crippen molar-refractivity contribution in [1.82, 2.24) is 0 Å². The second-order valence-corrected chi connectivity index (χ2v) is 6.68. The first-order valence-electron chi connectivity index (χ1n) is 9.69. The topological polar surface area (TPSA) is 50.8 Å². The molecule has 5 nitrogen and oxygen atoms in total. The van der Waals surface area contributed by atoms with Crippen molar-refractivity contribution in [3.63, 3.8) is 0 Å². The second kappa shape index (κ2) is 8.80. The highest BCUT2D eigenvalue weighted by Gasteiger charge is 2.16. The Balaban J connectivity index is 1.74. The third kappa shape index (κ3) is 4.54. The molecule has 1 aliphatic rings. The first-order chi connectivity index (χ1) is 13.1. The van der Waals surface area contributed by atoms with Crippen molar-refractivity contribution >= 4 is 17.3 Å². The monoisotopic (exact) mass is 368 g/mol. The highest BCUT2D eigenvalue weighted by atomic mass is 16.5. The van der Waals surface area contributed by atoms with Crippen LogP contribution in [0.2, 0.25) is 0 Å². The summed E-state index contributed by atoms with van der Waals surface area (Å²) in [6, 6.07) is 11.4. The summed E-state index contributed by atoms with van der Waals surface area (Å²) in [7, 11) is 0. The van der Waals surface area contributed by atoms with Crippen LogP contribution in [-0.2, 0) is 0 Å². The molecule has 0 atom stereocenters. The van der Waals surface area contributed by atoms with E-state index in [2.05, 4.69) is 23.2 Å². The molecule has 1 aliphatic heterocycles.